The van der Waals surface area contributed by atoms with Crippen LogP contribution in [0.5, 0.6) is 0 Å². The van der Waals surface area contributed by atoms with Gasteiger partial charge in [0.1, 0.15) is 0 Å². The molecule has 0 saturated carbocycles. The Kier molecular flexibility index (Phi) is 4.87. The van der Waals surface area contributed by atoms with Crippen molar-refractivity contribution in [1.29, 1.82) is 0 Å². The summed E-state index contributed by atoms with van der Waals surface area (Å²) in [5.74, 6) is -1.98. The molecule has 1 atom stereocenters. The lowest BCUT2D eigenvalue weighted by Gasteiger charge is -2.27. The van der Waals surface area contributed by atoms with Gasteiger partial charge in [-0.05, 0) is 25.8 Å². The van der Waals surface area contributed by atoms with Gasteiger partial charge in [-0.1, -0.05) is 35.9 Å². The Labute approximate surface area is 112 Å². The largest absolute Gasteiger partial charge is 0.480 e. The van der Waals surface area contributed by atoms with Crippen molar-refractivity contribution >= 4 is 11.9 Å². The molecule has 19 heavy (non-hydrogen) atoms. The van der Waals surface area contributed by atoms with Gasteiger partial charge >= 0.3 is 11.9 Å². The van der Waals surface area contributed by atoms with Gasteiger partial charge in [0.05, 0.1) is 6.61 Å². The van der Waals surface area contributed by atoms with Gasteiger partial charge in [0, 0.05) is 0 Å². The smallest absolute Gasteiger partial charge is 0.328 e. The maximum atomic E-state index is 12.2. The van der Waals surface area contributed by atoms with Crippen molar-refractivity contribution in [3.05, 3.63) is 48.0 Å². The summed E-state index contributed by atoms with van der Waals surface area (Å²) in [6.45, 7) is 7.20. The molecule has 4 nitrogen and oxygen atoms in total. The van der Waals surface area contributed by atoms with Crippen molar-refractivity contribution in [3.63, 3.8) is 0 Å². The van der Waals surface area contributed by atoms with Crippen molar-refractivity contribution in [3.8, 4) is 0 Å². The highest BCUT2D eigenvalue weighted by Crippen LogP contribution is 2.33. The number of benzene rings is 1. The van der Waals surface area contributed by atoms with Crippen LogP contribution in [-0.4, -0.2) is 23.7 Å². The van der Waals surface area contributed by atoms with E-state index in [1.54, 1.807) is 44.2 Å². The van der Waals surface area contributed by atoms with E-state index in [2.05, 4.69) is 6.58 Å². The van der Waals surface area contributed by atoms with Crippen LogP contribution in [0.1, 0.15) is 25.8 Å². The number of hydrogen-bond acceptors (Lipinski definition) is 3. The Balaban J connectivity index is 3.39. The number of carboxylic acids is 1. The molecule has 1 aromatic rings. The highest BCUT2D eigenvalue weighted by atomic mass is 16.5. The first-order valence-electron chi connectivity index (χ1n) is 6.05. The van der Waals surface area contributed by atoms with Crippen LogP contribution in [0.15, 0.2) is 42.5 Å². The van der Waals surface area contributed by atoms with Crippen LogP contribution in [-0.2, 0) is 19.7 Å². The van der Waals surface area contributed by atoms with Gasteiger partial charge in [-0.25, -0.2) is 0 Å². The topological polar surface area (TPSA) is 63.6 Å². The number of hydrogen-bond donors (Lipinski definition) is 1. The molecule has 0 aliphatic carbocycles. The summed E-state index contributed by atoms with van der Waals surface area (Å²) in [5, 5.41) is 9.58. The zero-order valence-corrected chi connectivity index (χ0v) is 11.2. The Morgan fingerprint density at radius 2 is 1.89 bits per heavy atom. The van der Waals surface area contributed by atoms with Crippen LogP contribution in [0.25, 0.3) is 0 Å². The van der Waals surface area contributed by atoms with Gasteiger partial charge in [0.2, 0.25) is 0 Å². The van der Waals surface area contributed by atoms with Crippen LogP contribution in [0, 0.1) is 0 Å². The number of rotatable bonds is 6. The second kappa shape index (κ2) is 6.18. The minimum atomic E-state index is -1.72. The Bertz CT molecular complexity index is 478. The molecule has 102 valence electrons. The molecule has 1 unspecified atom stereocenters. The molecular formula is C15H18O4. The van der Waals surface area contributed by atoms with Crippen molar-refractivity contribution in [2.75, 3.05) is 6.61 Å². The van der Waals surface area contributed by atoms with E-state index in [-0.39, 0.29) is 13.0 Å². The zero-order valence-electron chi connectivity index (χ0n) is 11.2. The minimum absolute atomic E-state index is 0.0190. The average Bonchev–Trinajstić information content (AvgIpc) is 2.36. The van der Waals surface area contributed by atoms with Gasteiger partial charge in [0.25, 0.3) is 0 Å². The van der Waals surface area contributed by atoms with Crippen LogP contribution >= 0.6 is 0 Å². The number of carbonyl (C=O) groups is 2. The Morgan fingerprint density at radius 3 is 2.32 bits per heavy atom. The minimum Gasteiger partial charge on any atom is -0.480 e. The lowest BCUT2D eigenvalue weighted by Crippen LogP contribution is -2.45. The van der Waals surface area contributed by atoms with E-state index >= 15 is 0 Å². The lowest BCUT2D eigenvalue weighted by atomic mass is 9.75. The lowest BCUT2D eigenvalue weighted by molar-refractivity contribution is -0.161. The first-order valence-corrected chi connectivity index (χ1v) is 6.05. The summed E-state index contributed by atoms with van der Waals surface area (Å²) in [4.78, 5) is 23.9. The highest BCUT2D eigenvalue weighted by Gasteiger charge is 2.49. The second-order valence-electron chi connectivity index (χ2n) is 4.43. The van der Waals surface area contributed by atoms with E-state index in [4.69, 9.17) is 4.74 Å². The highest BCUT2D eigenvalue weighted by molar-refractivity contribution is 6.05. The fourth-order valence-electron chi connectivity index (χ4n) is 2.01. The molecule has 0 fully saturated rings. The van der Waals surface area contributed by atoms with Gasteiger partial charge in [-0.3, -0.25) is 9.59 Å². The van der Waals surface area contributed by atoms with Crippen LogP contribution in [0.3, 0.4) is 0 Å². The van der Waals surface area contributed by atoms with Gasteiger partial charge in [-0.15, -0.1) is 6.58 Å². The molecule has 4 heteroatoms. The first kappa shape index (κ1) is 15.0. The molecule has 0 spiro atoms. The van der Waals surface area contributed by atoms with Crippen LogP contribution < -0.4 is 0 Å². The summed E-state index contributed by atoms with van der Waals surface area (Å²) >= 11 is 0. The zero-order chi connectivity index (χ0) is 14.5. The van der Waals surface area contributed by atoms with Crippen molar-refractivity contribution in [2.24, 2.45) is 0 Å². The molecular weight excluding hydrogens is 244 g/mol. The molecule has 0 aliphatic heterocycles. The standard InChI is InChI=1S/C15H18O4/c1-4-19-14(18)15(13(16)17,10-11(2)3)12-8-6-5-7-9-12/h5-9H,2,4,10H2,1,3H3,(H,16,17). The van der Waals surface area contributed by atoms with E-state index in [0.29, 0.717) is 11.1 Å². The SMILES string of the molecule is C=C(C)CC(C(=O)O)(C(=O)OCC)c1ccccc1. The summed E-state index contributed by atoms with van der Waals surface area (Å²) in [6, 6.07) is 8.40. The molecule has 0 saturated heterocycles. The molecule has 0 radical (unpaired) electrons. The number of aliphatic carboxylic acids is 1. The third-order valence-corrected chi connectivity index (χ3v) is 2.82. The molecule has 1 aromatic carbocycles. The molecule has 0 aromatic heterocycles. The van der Waals surface area contributed by atoms with E-state index in [0.717, 1.165) is 0 Å². The predicted octanol–water partition coefficient (Wildman–Crippen LogP) is 2.54. The number of allylic oxidation sites excluding steroid dienone is 1. The molecule has 0 amide bonds. The van der Waals surface area contributed by atoms with Crippen LogP contribution in [0.2, 0.25) is 0 Å². The second-order valence-corrected chi connectivity index (χ2v) is 4.43. The maximum absolute atomic E-state index is 12.2. The molecule has 0 aliphatic rings. The van der Waals surface area contributed by atoms with E-state index in [1.165, 1.54) is 0 Å². The number of carboxylic acid groups (broad SMARTS) is 1. The van der Waals surface area contributed by atoms with Crippen molar-refractivity contribution in [1.82, 2.24) is 0 Å². The maximum Gasteiger partial charge on any atom is 0.328 e. The monoisotopic (exact) mass is 262 g/mol. The third-order valence-electron chi connectivity index (χ3n) is 2.82. The molecule has 1 rings (SSSR count). The van der Waals surface area contributed by atoms with Gasteiger partial charge < -0.3 is 9.84 Å². The Morgan fingerprint density at radius 1 is 1.32 bits per heavy atom. The van der Waals surface area contributed by atoms with E-state index in [9.17, 15) is 14.7 Å². The first-order chi connectivity index (χ1) is 8.95. The van der Waals surface area contributed by atoms with E-state index in [1.807, 2.05) is 0 Å². The summed E-state index contributed by atoms with van der Waals surface area (Å²) in [7, 11) is 0. The molecule has 1 N–H and O–H groups in total. The molecule has 0 heterocycles. The number of carbonyl (C=O) groups excluding carboxylic acids is 1. The normalized spacial score (nSPS) is 13.4. The van der Waals surface area contributed by atoms with Crippen molar-refractivity contribution in [2.45, 2.75) is 25.7 Å². The summed E-state index contributed by atoms with van der Waals surface area (Å²) in [6.07, 6.45) is 0.0190. The van der Waals surface area contributed by atoms with Gasteiger partial charge in [-0.2, -0.15) is 0 Å². The number of esters is 1. The summed E-state index contributed by atoms with van der Waals surface area (Å²) < 4.78 is 4.96. The predicted molar refractivity (Wildman–Crippen MR) is 71.8 cm³/mol. The van der Waals surface area contributed by atoms with Crippen LogP contribution in [0.4, 0.5) is 0 Å². The fraction of sp³-hybridized carbons (Fsp3) is 0.333. The fourth-order valence-corrected chi connectivity index (χ4v) is 2.01. The van der Waals surface area contributed by atoms with E-state index < -0.39 is 17.4 Å². The molecule has 0 bridgehead atoms. The van der Waals surface area contributed by atoms with Crippen molar-refractivity contribution < 1.29 is 19.4 Å². The Hall–Kier alpha value is -2.10. The summed E-state index contributed by atoms with van der Waals surface area (Å²) in [5.41, 5.74) is -0.702. The average molecular weight is 262 g/mol. The number of ether oxygens (including phenoxy) is 1. The third kappa shape index (κ3) is 3.02. The quantitative estimate of drug-likeness (QED) is 0.486. The van der Waals surface area contributed by atoms with Gasteiger partial charge in [0.15, 0.2) is 5.41 Å².